The van der Waals surface area contributed by atoms with Gasteiger partial charge in [0.15, 0.2) is 0 Å². The number of likely N-dealkylation sites (N-methyl/N-ethyl adjacent to an activating group) is 1. The van der Waals surface area contributed by atoms with E-state index in [1.54, 1.807) is 7.11 Å². The maximum atomic E-state index is 10.0. The molecule has 1 saturated carbocycles. The van der Waals surface area contributed by atoms with Gasteiger partial charge >= 0.3 is 0 Å². The molecule has 37 heavy (non-hydrogen) atoms. The number of carbonyl (C=O) groups is 1. The first-order valence-electron chi connectivity index (χ1n) is 12.6. The Morgan fingerprint density at radius 1 is 1.14 bits per heavy atom. The summed E-state index contributed by atoms with van der Waals surface area (Å²) in [4.78, 5) is 10.2. The van der Waals surface area contributed by atoms with Crippen molar-refractivity contribution in [3.8, 4) is 23.1 Å². The maximum absolute atomic E-state index is 10.0. The number of benzene rings is 2. The summed E-state index contributed by atoms with van der Waals surface area (Å²) in [5, 5.41) is 11.0. The first kappa shape index (κ1) is 29.8. The van der Waals surface area contributed by atoms with E-state index in [1.807, 2.05) is 57.0 Å². The first-order chi connectivity index (χ1) is 17.8. The van der Waals surface area contributed by atoms with Crippen molar-refractivity contribution in [1.29, 1.82) is 5.26 Å². The molecule has 4 N–H and O–H groups in total. The van der Waals surface area contributed by atoms with Gasteiger partial charge in [-0.25, -0.2) is 0 Å². The number of anilines is 1. The number of nitrogens with zero attached hydrogens (tertiary/aromatic N) is 3. The number of rotatable bonds is 9. The van der Waals surface area contributed by atoms with Crippen LogP contribution in [0, 0.1) is 11.3 Å². The van der Waals surface area contributed by atoms with E-state index in [1.165, 1.54) is 6.42 Å². The van der Waals surface area contributed by atoms with Crippen molar-refractivity contribution in [2.24, 2.45) is 5.73 Å². The zero-order valence-corrected chi connectivity index (χ0v) is 22.6. The number of nitrogens with two attached hydrogens (primary N) is 2. The van der Waals surface area contributed by atoms with Crippen molar-refractivity contribution < 1.29 is 14.3 Å². The quantitative estimate of drug-likeness (QED) is 0.406. The SMILES string of the molecule is C=O.CC(C)N.COCCN(C)CCOc1ccc2c(C#N)c(-c3ccc(N)cc3)n(C3CCC3)c2c1. The molecule has 1 aromatic heterocycles. The molecule has 4 rings (SSSR count). The molecule has 8 heteroatoms. The smallest absolute Gasteiger partial charge is 0.121 e. The highest BCUT2D eigenvalue weighted by atomic mass is 16.5. The lowest BCUT2D eigenvalue weighted by Gasteiger charge is -2.30. The number of ether oxygens (including phenoxy) is 2. The van der Waals surface area contributed by atoms with Gasteiger partial charge in [-0.1, -0.05) is 26.0 Å². The highest BCUT2D eigenvalue weighted by Crippen LogP contribution is 2.43. The average molecular weight is 508 g/mol. The molecule has 3 aromatic rings. The molecule has 0 spiro atoms. The van der Waals surface area contributed by atoms with E-state index < -0.39 is 0 Å². The van der Waals surface area contributed by atoms with Gasteiger partial charge in [0.1, 0.15) is 25.2 Å². The second-order valence-corrected chi connectivity index (χ2v) is 9.48. The van der Waals surface area contributed by atoms with Gasteiger partial charge in [-0.2, -0.15) is 5.26 Å². The monoisotopic (exact) mass is 507 g/mol. The third-order valence-corrected chi connectivity index (χ3v) is 6.13. The Morgan fingerprint density at radius 3 is 2.30 bits per heavy atom. The largest absolute Gasteiger partial charge is 0.492 e. The number of nitrogen functional groups attached to an aromatic ring is 1. The molecular formula is C29H41N5O3. The van der Waals surface area contributed by atoms with Crippen molar-refractivity contribution >= 4 is 23.4 Å². The van der Waals surface area contributed by atoms with Crippen LogP contribution in [0.3, 0.4) is 0 Å². The van der Waals surface area contributed by atoms with E-state index in [2.05, 4.69) is 28.7 Å². The predicted molar refractivity (Wildman–Crippen MR) is 151 cm³/mol. The summed E-state index contributed by atoms with van der Waals surface area (Å²) >= 11 is 0. The number of hydrogen-bond donors (Lipinski definition) is 2. The van der Waals surface area contributed by atoms with Crippen molar-refractivity contribution in [2.45, 2.75) is 45.2 Å². The van der Waals surface area contributed by atoms with Gasteiger partial charge in [0.2, 0.25) is 0 Å². The van der Waals surface area contributed by atoms with Crippen LogP contribution in [-0.2, 0) is 9.53 Å². The molecule has 0 atom stereocenters. The van der Waals surface area contributed by atoms with Crippen LogP contribution in [0.15, 0.2) is 42.5 Å². The van der Waals surface area contributed by atoms with E-state index in [0.29, 0.717) is 25.3 Å². The number of aromatic nitrogens is 1. The lowest BCUT2D eigenvalue weighted by atomic mass is 9.92. The lowest BCUT2D eigenvalue weighted by molar-refractivity contribution is -0.0980. The summed E-state index contributed by atoms with van der Waals surface area (Å²) < 4.78 is 13.5. The molecular weight excluding hydrogens is 466 g/mol. The van der Waals surface area contributed by atoms with E-state index in [9.17, 15) is 5.26 Å². The third kappa shape index (κ3) is 8.05. The molecule has 8 nitrogen and oxygen atoms in total. The molecule has 200 valence electrons. The minimum atomic E-state index is 0.333. The normalized spacial score (nSPS) is 12.8. The predicted octanol–water partition coefficient (Wildman–Crippen LogP) is 4.61. The van der Waals surface area contributed by atoms with Gasteiger partial charge in [0.05, 0.1) is 23.4 Å². The number of carbonyl (C=O) groups excluding carboxylic acids is 1. The molecule has 0 aliphatic heterocycles. The Labute approximate surface area is 220 Å². The fraction of sp³-hybridized carbons (Fsp3) is 0.448. The van der Waals surface area contributed by atoms with Gasteiger partial charge in [-0.15, -0.1) is 0 Å². The number of fused-ring (bicyclic) bond motifs is 1. The number of nitriles is 1. The van der Waals surface area contributed by atoms with Crippen LogP contribution >= 0.6 is 0 Å². The van der Waals surface area contributed by atoms with Crippen LogP contribution in [0.25, 0.3) is 22.2 Å². The minimum Gasteiger partial charge on any atom is -0.492 e. The standard InChI is InChI=1S/C25H30N4O2.C3H9N.CH2O/c1-28(12-14-30-2)13-15-31-21-10-11-22-23(17-26)25(18-6-8-19(27)9-7-18)29(24(22)16-21)20-4-3-5-20;1-3(2)4;1-2/h6-11,16,20H,3-5,12-15,27H2,1-2H3;3H,4H2,1-2H3;1H2. The molecule has 0 radical (unpaired) electrons. The molecule has 1 heterocycles. The van der Waals surface area contributed by atoms with E-state index in [4.69, 9.17) is 25.7 Å². The Balaban J connectivity index is 0.000000733. The number of hydrogen-bond acceptors (Lipinski definition) is 7. The van der Waals surface area contributed by atoms with Crippen LogP contribution in [0.1, 0.15) is 44.7 Å². The van der Waals surface area contributed by atoms with Crippen LogP contribution in [0.2, 0.25) is 0 Å². The molecule has 1 aliphatic carbocycles. The molecule has 2 aromatic carbocycles. The highest BCUT2D eigenvalue weighted by Gasteiger charge is 2.28. The Hall–Kier alpha value is -3.38. The summed E-state index contributed by atoms with van der Waals surface area (Å²) in [5.74, 6) is 0.832. The second-order valence-electron chi connectivity index (χ2n) is 9.48. The minimum absolute atomic E-state index is 0.333. The molecule has 0 amide bonds. The van der Waals surface area contributed by atoms with Crippen LogP contribution in [0.4, 0.5) is 5.69 Å². The third-order valence-electron chi connectivity index (χ3n) is 6.13. The molecule has 0 saturated heterocycles. The second kappa shape index (κ2) is 15.0. The Bertz CT molecular complexity index is 1140. The van der Waals surface area contributed by atoms with Crippen molar-refractivity contribution in [3.05, 3.63) is 48.0 Å². The van der Waals surface area contributed by atoms with E-state index in [-0.39, 0.29) is 0 Å². The summed E-state index contributed by atoms with van der Waals surface area (Å²) in [6.45, 7) is 8.90. The fourth-order valence-electron chi connectivity index (χ4n) is 4.12. The summed E-state index contributed by atoms with van der Waals surface area (Å²) in [6.07, 6.45) is 3.48. The van der Waals surface area contributed by atoms with E-state index in [0.717, 1.165) is 65.1 Å². The van der Waals surface area contributed by atoms with Crippen LogP contribution in [-0.4, -0.2) is 62.8 Å². The van der Waals surface area contributed by atoms with Crippen LogP contribution in [0.5, 0.6) is 5.75 Å². The van der Waals surface area contributed by atoms with Crippen molar-refractivity contribution in [2.75, 3.05) is 46.2 Å². The van der Waals surface area contributed by atoms with Crippen molar-refractivity contribution in [1.82, 2.24) is 9.47 Å². The summed E-state index contributed by atoms with van der Waals surface area (Å²) in [7, 11) is 3.77. The van der Waals surface area contributed by atoms with Gasteiger partial charge in [-0.3, -0.25) is 0 Å². The van der Waals surface area contributed by atoms with E-state index >= 15 is 0 Å². The summed E-state index contributed by atoms with van der Waals surface area (Å²) in [6, 6.07) is 17.1. The first-order valence-corrected chi connectivity index (χ1v) is 12.6. The summed E-state index contributed by atoms with van der Waals surface area (Å²) in [5.41, 5.74) is 15.5. The molecule has 1 aliphatic rings. The van der Waals surface area contributed by atoms with Crippen LogP contribution < -0.4 is 16.2 Å². The zero-order chi connectivity index (χ0) is 27.4. The van der Waals surface area contributed by atoms with Crippen molar-refractivity contribution in [3.63, 3.8) is 0 Å². The molecule has 0 unspecified atom stereocenters. The lowest BCUT2D eigenvalue weighted by Crippen LogP contribution is -2.27. The Morgan fingerprint density at radius 2 is 1.76 bits per heavy atom. The van der Waals surface area contributed by atoms with Gasteiger partial charge in [-0.05, 0) is 62.2 Å². The zero-order valence-electron chi connectivity index (χ0n) is 22.6. The fourth-order valence-corrected chi connectivity index (χ4v) is 4.12. The maximum Gasteiger partial charge on any atom is 0.121 e. The highest BCUT2D eigenvalue weighted by molar-refractivity contribution is 5.95. The Kier molecular flexibility index (Phi) is 12.1. The topological polar surface area (TPSA) is 120 Å². The molecule has 1 fully saturated rings. The van der Waals surface area contributed by atoms with Gasteiger partial charge in [0.25, 0.3) is 0 Å². The average Bonchev–Trinajstić information content (AvgIpc) is 3.16. The van der Waals surface area contributed by atoms with Gasteiger partial charge in [0, 0.05) is 43.4 Å². The molecule has 0 bridgehead atoms. The number of methoxy groups -OCH3 is 1. The van der Waals surface area contributed by atoms with Gasteiger partial charge < -0.3 is 35.2 Å².